The molecule has 0 N–H and O–H groups in total. The van der Waals surface area contributed by atoms with Crippen molar-refractivity contribution >= 4 is 5.78 Å². The van der Waals surface area contributed by atoms with Crippen LogP contribution in [-0.4, -0.2) is 17.4 Å². The van der Waals surface area contributed by atoms with Crippen LogP contribution in [0.15, 0.2) is 11.6 Å². The molecule has 0 amide bonds. The molecule has 2 rings (SSSR count). The Labute approximate surface area is 70.0 Å². The van der Waals surface area contributed by atoms with Crippen LogP contribution in [0, 0.1) is 0 Å². The zero-order valence-electron chi connectivity index (χ0n) is 7.21. The van der Waals surface area contributed by atoms with Crippen LogP contribution in [0.4, 0.5) is 0 Å². The van der Waals surface area contributed by atoms with E-state index in [1.807, 2.05) is 0 Å². The van der Waals surface area contributed by atoms with Crippen molar-refractivity contribution in [3.05, 3.63) is 11.6 Å². The second kappa shape index (κ2) is 1.96. The van der Waals surface area contributed by atoms with Crippen molar-refractivity contribution in [3.8, 4) is 0 Å². The molecule has 0 aromatic heterocycles. The molecule has 2 unspecified atom stereocenters. The molecule has 4 nitrogen and oxygen atoms in total. The lowest BCUT2D eigenvalue weighted by Gasteiger charge is -2.17. The van der Waals surface area contributed by atoms with E-state index in [1.165, 1.54) is 6.92 Å². The van der Waals surface area contributed by atoms with Gasteiger partial charge in [-0.2, -0.15) is 9.78 Å². The number of hydrogen-bond donors (Lipinski definition) is 0. The third-order valence-corrected chi connectivity index (χ3v) is 2.04. The van der Waals surface area contributed by atoms with Crippen molar-refractivity contribution < 1.29 is 19.3 Å². The highest BCUT2D eigenvalue weighted by molar-refractivity contribution is 5.95. The Morgan fingerprint density at radius 2 is 2.08 bits per heavy atom. The van der Waals surface area contributed by atoms with Gasteiger partial charge in [0.2, 0.25) is 11.6 Å². The third kappa shape index (κ3) is 0.857. The van der Waals surface area contributed by atoms with Gasteiger partial charge in [-0.25, -0.2) is 0 Å². The molecule has 2 aliphatic rings. The van der Waals surface area contributed by atoms with Crippen molar-refractivity contribution in [2.45, 2.75) is 32.3 Å². The van der Waals surface area contributed by atoms with E-state index in [-0.39, 0.29) is 5.78 Å². The van der Waals surface area contributed by atoms with Crippen molar-refractivity contribution in [2.75, 3.05) is 0 Å². The van der Waals surface area contributed by atoms with E-state index in [2.05, 4.69) is 0 Å². The van der Waals surface area contributed by atoms with Gasteiger partial charge in [0, 0.05) is 0 Å². The van der Waals surface area contributed by atoms with Gasteiger partial charge in [-0.05, 0) is 26.8 Å². The van der Waals surface area contributed by atoms with Gasteiger partial charge in [-0.15, -0.1) is 0 Å². The predicted octanol–water partition coefficient (Wildman–Crippen LogP) is 0.926. The van der Waals surface area contributed by atoms with E-state index in [0.29, 0.717) is 5.57 Å². The standard InChI is InChI=1S/C8H10O4/c1-5(9)6-4-7(2)10-8(6,3)12-11-7/h4H,1-3H3. The molecule has 12 heavy (non-hydrogen) atoms. The quantitative estimate of drug-likeness (QED) is 0.549. The molecule has 4 heteroatoms. The van der Waals surface area contributed by atoms with Gasteiger partial charge in [0.15, 0.2) is 5.78 Å². The van der Waals surface area contributed by atoms with E-state index in [4.69, 9.17) is 14.5 Å². The third-order valence-electron chi connectivity index (χ3n) is 2.04. The molecule has 1 fully saturated rings. The van der Waals surface area contributed by atoms with Crippen molar-refractivity contribution in [1.82, 2.24) is 0 Å². The molecule has 2 aliphatic heterocycles. The number of fused-ring (bicyclic) bond motifs is 2. The summed E-state index contributed by atoms with van der Waals surface area (Å²) in [4.78, 5) is 20.9. The zero-order chi connectivity index (χ0) is 8.98. The first-order valence-electron chi connectivity index (χ1n) is 3.76. The molecule has 2 heterocycles. The summed E-state index contributed by atoms with van der Waals surface area (Å²) in [5.74, 6) is -1.93. The molecule has 0 aromatic carbocycles. The topological polar surface area (TPSA) is 44.8 Å². The Kier molecular flexibility index (Phi) is 1.29. The van der Waals surface area contributed by atoms with Crippen LogP contribution in [0.5, 0.6) is 0 Å². The van der Waals surface area contributed by atoms with Crippen molar-refractivity contribution in [3.63, 3.8) is 0 Å². The van der Waals surface area contributed by atoms with Gasteiger partial charge in [-0.3, -0.25) is 4.79 Å². The van der Waals surface area contributed by atoms with Gasteiger partial charge in [0.1, 0.15) is 0 Å². The highest BCUT2D eigenvalue weighted by Gasteiger charge is 2.56. The molecule has 2 atom stereocenters. The maximum absolute atomic E-state index is 11.1. The summed E-state index contributed by atoms with van der Waals surface area (Å²) >= 11 is 0. The monoisotopic (exact) mass is 170 g/mol. The number of ketones is 1. The Balaban J connectivity index is 2.43. The second-order valence-corrected chi connectivity index (χ2v) is 3.34. The van der Waals surface area contributed by atoms with Crippen LogP contribution >= 0.6 is 0 Å². The number of rotatable bonds is 1. The highest BCUT2D eigenvalue weighted by Crippen LogP contribution is 2.45. The van der Waals surface area contributed by atoms with Crippen LogP contribution in [0.1, 0.15) is 20.8 Å². The molecular weight excluding hydrogens is 160 g/mol. The van der Waals surface area contributed by atoms with Crippen LogP contribution < -0.4 is 0 Å². The van der Waals surface area contributed by atoms with Gasteiger partial charge in [-0.1, -0.05) is 0 Å². The summed E-state index contributed by atoms with van der Waals surface area (Å²) < 4.78 is 5.36. The zero-order valence-corrected chi connectivity index (χ0v) is 7.21. The average molecular weight is 170 g/mol. The molecule has 0 aromatic rings. The molecule has 0 aliphatic carbocycles. The summed E-state index contributed by atoms with van der Waals surface area (Å²) in [6.45, 7) is 4.85. The summed E-state index contributed by atoms with van der Waals surface area (Å²) in [5.41, 5.74) is 0.524. The summed E-state index contributed by atoms with van der Waals surface area (Å²) in [6.07, 6.45) is 1.65. The van der Waals surface area contributed by atoms with Crippen LogP contribution in [0.3, 0.4) is 0 Å². The van der Waals surface area contributed by atoms with E-state index >= 15 is 0 Å². The minimum absolute atomic E-state index is 0.0514. The Morgan fingerprint density at radius 3 is 2.33 bits per heavy atom. The summed E-state index contributed by atoms with van der Waals surface area (Å²) in [7, 11) is 0. The number of carbonyl (C=O) groups excluding carboxylic acids is 1. The van der Waals surface area contributed by atoms with E-state index < -0.39 is 11.6 Å². The van der Waals surface area contributed by atoms with Gasteiger partial charge < -0.3 is 4.74 Å². The summed E-state index contributed by atoms with van der Waals surface area (Å²) in [5, 5.41) is 0. The first-order chi connectivity index (χ1) is 5.45. The summed E-state index contributed by atoms with van der Waals surface area (Å²) in [6, 6.07) is 0. The highest BCUT2D eigenvalue weighted by atomic mass is 17.3. The van der Waals surface area contributed by atoms with Gasteiger partial charge >= 0.3 is 0 Å². The number of hydrogen-bond acceptors (Lipinski definition) is 4. The normalized spacial score (nSPS) is 44.8. The molecule has 2 bridgehead atoms. The van der Waals surface area contributed by atoms with E-state index in [1.54, 1.807) is 19.9 Å². The fourth-order valence-electron chi connectivity index (χ4n) is 1.55. The Hall–Kier alpha value is -0.710. The fraction of sp³-hybridized carbons (Fsp3) is 0.625. The molecule has 1 saturated heterocycles. The molecule has 0 radical (unpaired) electrons. The lowest BCUT2D eigenvalue weighted by Crippen LogP contribution is -2.29. The molecule has 0 spiro atoms. The van der Waals surface area contributed by atoms with Crippen LogP contribution in [0.25, 0.3) is 0 Å². The lowest BCUT2D eigenvalue weighted by atomic mass is 10.0. The van der Waals surface area contributed by atoms with Gasteiger partial charge in [0.25, 0.3) is 0 Å². The van der Waals surface area contributed by atoms with Crippen LogP contribution in [0.2, 0.25) is 0 Å². The minimum Gasteiger partial charge on any atom is -0.305 e. The molecular formula is C8H10O4. The first kappa shape index (κ1) is 7.91. The van der Waals surface area contributed by atoms with Crippen LogP contribution in [-0.2, 0) is 19.3 Å². The van der Waals surface area contributed by atoms with Gasteiger partial charge in [0.05, 0.1) is 5.57 Å². The lowest BCUT2D eigenvalue weighted by molar-refractivity contribution is -0.334. The largest absolute Gasteiger partial charge is 0.305 e. The second-order valence-electron chi connectivity index (χ2n) is 3.34. The SMILES string of the molecule is CC(=O)C1=CC2(C)OOC1(C)O2. The van der Waals surface area contributed by atoms with E-state index in [0.717, 1.165) is 0 Å². The Morgan fingerprint density at radius 1 is 1.42 bits per heavy atom. The van der Waals surface area contributed by atoms with Crippen molar-refractivity contribution in [1.29, 1.82) is 0 Å². The Bertz CT molecular complexity index is 283. The molecule has 66 valence electrons. The maximum atomic E-state index is 11.1. The first-order valence-corrected chi connectivity index (χ1v) is 3.76. The minimum atomic E-state index is -0.999. The van der Waals surface area contributed by atoms with E-state index in [9.17, 15) is 4.79 Å². The predicted molar refractivity (Wildman–Crippen MR) is 38.8 cm³/mol. The number of ether oxygens (including phenoxy) is 1. The number of carbonyl (C=O) groups is 1. The van der Waals surface area contributed by atoms with Crippen molar-refractivity contribution in [2.24, 2.45) is 0 Å². The average Bonchev–Trinajstić information content (AvgIpc) is 2.36. The molecule has 0 saturated carbocycles. The number of Topliss-reactive ketones (excluding diaryl/α,β-unsaturated/α-hetero) is 1. The fourth-order valence-corrected chi connectivity index (χ4v) is 1.55. The smallest absolute Gasteiger partial charge is 0.231 e. The maximum Gasteiger partial charge on any atom is 0.231 e.